The topological polar surface area (TPSA) is 32.3 Å². The number of rotatable bonds is 7. The molecule has 3 nitrogen and oxygen atoms in total. The van der Waals surface area contributed by atoms with Crippen molar-refractivity contribution in [3.63, 3.8) is 0 Å². The first kappa shape index (κ1) is 24.0. The number of nitrogens with zero attached hydrogens (tertiary/aromatic N) is 1. The largest absolute Gasteiger partial charge is 0.352 e. The molecule has 7 heteroatoms. The highest BCUT2D eigenvalue weighted by Gasteiger charge is 2.30. The molecule has 31 heavy (non-hydrogen) atoms. The van der Waals surface area contributed by atoms with Gasteiger partial charge in [0.1, 0.15) is 11.6 Å². The van der Waals surface area contributed by atoms with Gasteiger partial charge in [-0.3, -0.25) is 4.79 Å². The van der Waals surface area contributed by atoms with E-state index in [0.29, 0.717) is 18.4 Å². The van der Waals surface area contributed by atoms with Crippen LogP contribution in [0.25, 0.3) is 0 Å². The van der Waals surface area contributed by atoms with Gasteiger partial charge in [0.2, 0.25) is 0 Å². The molecule has 1 atom stereocenters. The fourth-order valence-electron chi connectivity index (χ4n) is 4.66. The zero-order chi connectivity index (χ0) is 22.5. The summed E-state index contributed by atoms with van der Waals surface area (Å²) in [7, 11) is 4.09. The van der Waals surface area contributed by atoms with Gasteiger partial charge in [0.05, 0.1) is 15.6 Å². The normalized spacial score (nSPS) is 20.0. The summed E-state index contributed by atoms with van der Waals surface area (Å²) >= 11 is 11.7. The van der Waals surface area contributed by atoms with Gasteiger partial charge < -0.3 is 10.2 Å². The highest BCUT2D eigenvalue weighted by Crippen LogP contribution is 2.40. The molecule has 0 bridgehead atoms. The van der Waals surface area contributed by atoms with Crippen molar-refractivity contribution >= 4 is 29.1 Å². The van der Waals surface area contributed by atoms with Crippen LogP contribution in [0.5, 0.6) is 0 Å². The summed E-state index contributed by atoms with van der Waals surface area (Å²) in [5.74, 6) is -0.270. The van der Waals surface area contributed by atoms with Crippen molar-refractivity contribution in [3.05, 3.63) is 69.2 Å². The summed E-state index contributed by atoms with van der Waals surface area (Å²) in [6.07, 6.45) is 5.12. The third-order valence-corrected chi connectivity index (χ3v) is 6.78. The Balaban J connectivity index is 1.50. The van der Waals surface area contributed by atoms with Crippen molar-refractivity contribution in [3.8, 4) is 0 Å². The lowest BCUT2D eigenvalue weighted by molar-refractivity contribution is 0.0947. The monoisotopic (exact) mass is 468 g/mol. The number of hydrogen-bond acceptors (Lipinski definition) is 2. The molecule has 1 saturated carbocycles. The Bertz CT molecular complexity index is 914. The van der Waals surface area contributed by atoms with Crippen LogP contribution in [0.4, 0.5) is 8.78 Å². The fourth-order valence-corrected chi connectivity index (χ4v) is 5.13. The second-order valence-electron chi connectivity index (χ2n) is 8.53. The molecule has 1 amide bonds. The number of hydrogen-bond donors (Lipinski definition) is 1. The van der Waals surface area contributed by atoms with Gasteiger partial charge in [-0.15, -0.1) is 0 Å². The molecule has 1 aliphatic rings. The summed E-state index contributed by atoms with van der Waals surface area (Å²) < 4.78 is 27.4. The molecule has 1 fully saturated rings. The van der Waals surface area contributed by atoms with E-state index in [-0.39, 0.29) is 27.5 Å². The van der Waals surface area contributed by atoms with E-state index in [1.165, 1.54) is 12.1 Å². The lowest BCUT2D eigenvalue weighted by Crippen LogP contribution is -2.31. The maximum absolute atomic E-state index is 13.7. The van der Waals surface area contributed by atoms with Crippen LogP contribution >= 0.6 is 23.2 Å². The predicted octanol–water partition coefficient (Wildman–Crippen LogP) is 6.50. The van der Waals surface area contributed by atoms with Crippen LogP contribution in [0.2, 0.25) is 10.0 Å². The van der Waals surface area contributed by atoms with Gasteiger partial charge in [-0.05, 0) is 75.0 Å². The van der Waals surface area contributed by atoms with Crippen LogP contribution < -0.4 is 5.32 Å². The van der Waals surface area contributed by atoms with Gasteiger partial charge in [0.15, 0.2) is 0 Å². The summed E-state index contributed by atoms with van der Waals surface area (Å²) in [5.41, 5.74) is 1.11. The second-order valence-corrected chi connectivity index (χ2v) is 9.35. The third-order valence-electron chi connectivity index (χ3n) is 6.18. The first-order chi connectivity index (χ1) is 14.8. The number of halogens is 4. The van der Waals surface area contributed by atoms with Crippen LogP contribution in [0, 0.1) is 23.5 Å². The van der Waals surface area contributed by atoms with Crippen LogP contribution in [0.1, 0.15) is 54.1 Å². The second kappa shape index (κ2) is 10.8. The van der Waals surface area contributed by atoms with E-state index in [2.05, 4.69) is 10.2 Å². The quantitative estimate of drug-likeness (QED) is 0.470. The van der Waals surface area contributed by atoms with Crippen molar-refractivity contribution in [2.75, 3.05) is 20.6 Å². The van der Waals surface area contributed by atoms with Crippen molar-refractivity contribution in [1.82, 2.24) is 10.2 Å². The molecule has 1 unspecified atom stereocenters. The smallest absolute Gasteiger partial charge is 0.252 e. The molecule has 2 aromatic carbocycles. The zero-order valence-corrected chi connectivity index (χ0v) is 19.3. The van der Waals surface area contributed by atoms with Crippen LogP contribution in [-0.2, 0) is 0 Å². The molecule has 0 radical (unpaired) electrons. The minimum Gasteiger partial charge on any atom is -0.352 e. The number of carbonyl (C=O) groups is 1. The SMILES string of the molecule is CN(C)C(c1cccc(F)c1)C1CCC(CCNC(=O)c2cc(F)c(Cl)cc2Cl)CC1. The Morgan fingerprint density at radius 2 is 1.81 bits per heavy atom. The molecule has 0 aromatic heterocycles. The first-order valence-corrected chi connectivity index (χ1v) is 11.4. The van der Waals surface area contributed by atoms with E-state index in [1.807, 2.05) is 20.2 Å². The van der Waals surface area contributed by atoms with Gasteiger partial charge in [0.25, 0.3) is 5.91 Å². The molecule has 0 heterocycles. The molecular formula is C24H28Cl2F2N2O. The number of carbonyl (C=O) groups excluding carboxylic acids is 1. The zero-order valence-electron chi connectivity index (χ0n) is 17.8. The minimum atomic E-state index is -0.664. The Morgan fingerprint density at radius 3 is 2.45 bits per heavy atom. The molecule has 3 rings (SSSR count). The lowest BCUT2D eigenvalue weighted by atomic mass is 9.75. The molecule has 0 saturated heterocycles. The first-order valence-electron chi connectivity index (χ1n) is 10.6. The molecule has 2 aromatic rings. The summed E-state index contributed by atoms with van der Waals surface area (Å²) in [5, 5.41) is 2.87. The number of benzene rings is 2. The molecule has 1 N–H and O–H groups in total. The predicted molar refractivity (Wildman–Crippen MR) is 122 cm³/mol. The van der Waals surface area contributed by atoms with Gasteiger partial charge in [0, 0.05) is 12.6 Å². The molecule has 1 aliphatic carbocycles. The Hall–Kier alpha value is -1.69. The highest BCUT2D eigenvalue weighted by molar-refractivity contribution is 6.36. The Labute approximate surface area is 192 Å². The fraction of sp³-hybridized carbons (Fsp3) is 0.458. The van der Waals surface area contributed by atoms with Crippen LogP contribution in [0.3, 0.4) is 0 Å². The van der Waals surface area contributed by atoms with E-state index < -0.39 is 11.7 Å². The summed E-state index contributed by atoms with van der Waals surface area (Å²) in [4.78, 5) is 14.5. The summed E-state index contributed by atoms with van der Waals surface area (Å²) in [6.45, 7) is 0.510. The molecular weight excluding hydrogens is 441 g/mol. The maximum Gasteiger partial charge on any atom is 0.252 e. The van der Waals surface area contributed by atoms with Crippen molar-refractivity contribution in [2.45, 2.75) is 38.1 Å². The maximum atomic E-state index is 13.7. The van der Waals surface area contributed by atoms with Gasteiger partial charge in [-0.1, -0.05) is 48.2 Å². The minimum absolute atomic E-state index is 0.0937. The average Bonchev–Trinajstić information content (AvgIpc) is 2.72. The molecule has 0 spiro atoms. The van der Waals surface area contributed by atoms with Crippen molar-refractivity contribution in [2.24, 2.45) is 11.8 Å². The van der Waals surface area contributed by atoms with E-state index in [1.54, 1.807) is 12.1 Å². The van der Waals surface area contributed by atoms with Crippen LogP contribution in [-0.4, -0.2) is 31.4 Å². The van der Waals surface area contributed by atoms with Gasteiger partial charge >= 0.3 is 0 Å². The number of nitrogens with one attached hydrogen (secondary N) is 1. The van der Waals surface area contributed by atoms with E-state index >= 15 is 0 Å². The van der Waals surface area contributed by atoms with Crippen molar-refractivity contribution in [1.29, 1.82) is 0 Å². The molecule has 168 valence electrons. The third kappa shape index (κ3) is 6.18. The van der Waals surface area contributed by atoms with Crippen LogP contribution in [0.15, 0.2) is 36.4 Å². The van der Waals surface area contributed by atoms with E-state index in [9.17, 15) is 13.6 Å². The van der Waals surface area contributed by atoms with E-state index in [4.69, 9.17) is 23.2 Å². The Morgan fingerprint density at radius 1 is 1.10 bits per heavy atom. The highest BCUT2D eigenvalue weighted by atomic mass is 35.5. The Kier molecular flexibility index (Phi) is 8.31. The van der Waals surface area contributed by atoms with Crippen molar-refractivity contribution < 1.29 is 13.6 Å². The average molecular weight is 469 g/mol. The standard InChI is InChI=1S/C24H28Cl2F2N2O/c1-30(2)23(17-4-3-5-18(27)12-17)16-8-6-15(7-9-16)10-11-29-24(31)19-13-22(28)21(26)14-20(19)25/h3-5,12-16,23H,6-11H2,1-2H3,(H,29,31). The number of amides is 1. The van der Waals surface area contributed by atoms with Gasteiger partial charge in [-0.25, -0.2) is 8.78 Å². The van der Waals surface area contributed by atoms with E-state index in [0.717, 1.165) is 43.7 Å². The van der Waals surface area contributed by atoms with Gasteiger partial charge in [-0.2, -0.15) is 0 Å². The summed E-state index contributed by atoms with van der Waals surface area (Å²) in [6, 6.07) is 9.39. The lowest BCUT2D eigenvalue weighted by Gasteiger charge is -2.37. The molecule has 0 aliphatic heterocycles.